The summed E-state index contributed by atoms with van der Waals surface area (Å²) in [5, 5.41) is 13.2. The average molecular weight is 362 g/mol. The highest BCUT2D eigenvalue weighted by atomic mass is 16.2. The minimum absolute atomic E-state index is 0.0653. The van der Waals surface area contributed by atoms with Gasteiger partial charge >= 0.3 is 0 Å². The Morgan fingerprint density at radius 1 is 1.22 bits per heavy atom. The smallest absolute Gasteiger partial charge is 0.254 e. The number of aryl methyl sites for hydroxylation is 1. The Balaban J connectivity index is 1.48. The first kappa shape index (κ1) is 16.2. The number of amides is 1. The van der Waals surface area contributed by atoms with Crippen LogP contribution in [0.15, 0.2) is 36.7 Å². The van der Waals surface area contributed by atoms with Gasteiger partial charge in [0, 0.05) is 43.4 Å². The largest absolute Gasteiger partial charge is 0.334 e. The normalized spacial score (nSPS) is 16.4. The molecule has 27 heavy (non-hydrogen) atoms. The number of fused-ring (bicyclic) bond motifs is 1. The van der Waals surface area contributed by atoms with E-state index in [1.807, 2.05) is 47.0 Å². The SMILES string of the molecule is Cn1nc(-c2nncn2CC2CC2)c2c1CCN(C(=O)c1ccccc1)C2. The van der Waals surface area contributed by atoms with Gasteiger partial charge in [-0.05, 0) is 30.9 Å². The first-order valence-corrected chi connectivity index (χ1v) is 9.48. The molecule has 1 aliphatic heterocycles. The van der Waals surface area contributed by atoms with Gasteiger partial charge in [-0.2, -0.15) is 5.10 Å². The first-order valence-electron chi connectivity index (χ1n) is 9.48. The Morgan fingerprint density at radius 3 is 2.81 bits per heavy atom. The van der Waals surface area contributed by atoms with E-state index in [4.69, 9.17) is 5.10 Å². The van der Waals surface area contributed by atoms with Crippen LogP contribution >= 0.6 is 0 Å². The molecule has 0 bridgehead atoms. The third kappa shape index (κ3) is 2.93. The second-order valence-electron chi connectivity index (χ2n) is 7.49. The predicted octanol–water partition coefficient (Wildman–Crippen LogP) is 2.29. The molecule has 1 fully saturated rings. The maximum absolute atomic E-state index is 12.9. The maximum Gasteiger partial charge on any atom is 0.254 e. The van der Waals surface area contributed by atoms with Gasteiger partial charge in [-0.1, -0.05) is 18.2 Å². The monoisotopic (exact) mass is 362 g/mol. The highest BCUT2D eigenvalue weighted by Crippen LogP contribution is 2.33. The van der Waals surface area contributed by atoms with Gasteiger partial charge in [-0.25, -0.2) is 0 Å². The molecule has 2 aromatic heterocycles. The average Bonchev–Trinajstić information content (AvgIpc) is 3.31. The molecular formula is C20H22N6O. The minimum Gasteiger partial charge on any atom is -0.334 e. The van der Waals surface area contributed by atoms with Crippen LogP contribution in [0.25, 0.3) is 11.5 Å². The van der Waals surface area contributed by atoms with Crippen molar-refractivity contribution in [3.8, 4) is 11.5 Å². The Morgan fingerprint density at radius 2 is 2.04 bits per heavy atom. The summed E-state index contributed by atoms with van der Waals surface area (Å²) in [6, 6.07) is 9.47. The number of nitrogens with zero attached hydrogens (tertiary/aromatic N) is 6. The number of rotatable bonds is 4. The maximum atomic E-state index is 12.9. The third-order valence-electron chi connectivity index (χ3n) is 5.53. The van der Waals surface area contributed by atoms with E-state index in [0.717, 1.165) is 41.5 Å². The van der Waals surface area contributed by atoms with Crippen LogP contribution in [0, 0.1) is 5.92 Å². The van der Waals surface area contributed by atoms with Crippen molar-refractivity contribution in [3.05, 3.63) is 53.5 Å². The topological polar surface area (TPSA) is 68.8 Å². The highest BCUT2D eigenvalue weighted by Gasteiger charge is 2.30. The molecule has 1 aliphatic carbocycles. The summed E-state index contributed by atoms with van der Waals surface area (Å²) >= 11 is 0. The minimum atomic E-state index is 0.0653. The van der Waals surface area contributed by atoms with E-state index >= 15 is 0 Å². The summed E-state index contributed by atoms with van der Waals surface area (Å²) in [5.41, 5.74) is 3.86. The summed E-state index contributed by atoms with van der Waals surface area (Å²) in [7, 11) is 1.97. The number of aromatic nitrogens is 5. The van der Waals surface area contributed by atoms with Crippen molar-refractivity contribution in [1.82, 2.24) is 29.4 Å². The summed E-state index contributed by atoms with van der Waals surface area (Å²) in [4.78, 5) is 14.8. The summed E-state index contributed by atoms with van der Waals surface area (Å²) in [6.07, 6.45) is 5.15. The molecular weight excluding hydrogens is 340 g/mol. The summed E-state index contributed by atoms with van der Waals surface area (Å²) < 4.78 is 4.05. The van der Waals surface area contributed by atoms with Crippen LogP contribution < -0.4 is 0 Å². The van der Waals surface area contributed by atoms with Gasteiger partial charge in [0.15, 0.2) is 5.82 Å². The summed E-state index contributed by atoms with van der Waals surface area (Å²) in [6.45, 7) is 2.21. The zero-order valence-corrected chi connectivity index (χ0v) is 15.4. The number of hydrogen-bond donors (Lipinski definition) is 0. The molecule has 0 saturated heterocycles. The fourth-order valence-corrected chi connectivity index (χ4v) is 3.86. The lowest BCUT2D eigenvalue weighted by molar-refractivity contribution is 0.0733. The van der Waals surface area contributed by atoms with E-state index in [1.54, 1.807) is 6.33 Å². The van der Waals surface area contributed by atoms with E-state index in [-0.39, 0.29) is 5.91 Å². The van der Waals surface area contributed by atoms with Crippen LogP contribution in [-0.2, 0) is 26.6 Å². The molecule has 7 heteroatoms. The van der Waals surface area contributed by atoms with Crippen molar-refractivity contribution < 1.29 is 4.79 Å². The van der Waals surface area contributed by atoms with Crippen molar-refractivity contribution in [2.45, 2.75) is 32.4 Å². The van der Waals surface area contributed by atoms with Crippen LogP contribution in [0.3, 0.4) is 0 Å². The van der Waals surface area contributed by atoms with E-state index < -0.39 is 0 Å². The van der Waals surface area contributed by atoms with E-state index in [0.29, 0.717) is 13.1 Å². The number of carbonyl (C=O) groups is 1. The zero-order valence-electron chi connectivity index (χ0n) is 15.4. The molecule has 7 nitrogen and oxygen atoms in total. The van der Waals surface area contributed by atoms with Crippen molar-refractivity contribution in [2.24, 2.45) is 13.0 Å². The Kier molecular flexibility index (Phi) is 3.81. The molecule has 1 aromatic carbocycles. The molecule has 3 heterocycles. The Bertz CT molecular complexity index is 985. The third-order valence-corrected chi connectivity index (χ3v) is 5.53. The molecule has 138 valence electrons. The molecule has 0 N–H and O–H groups in total. The summed E-state index contributed by atoms with van der Waals surface area (Å²) in [5.74, 6) is 1.61. The molecule has 0 atom stereocenters. The number of carbonyl (C=O) groups excluding carboxylic acids is 1. The Hall–Kier alpha value is -2.96. The van der Waals surface area contributed by atoms with Crippen LogP contribution in [0.1, 0.15) is 34.5 Å². The van der Waals surface area contributed by atoms with Crippen LogP contribution in [0.2, 0.25) is 0 Å². The van der Waals surface area contributed by atoms with Crippen LogP contribution in [-0.4, -0.2) is 41.9 Å². The number of benzene rings is 1. The molecule has 5 rings (SSSR count). The molecule has 0 radical (unpaired) electrons. The molecule has 3 aromatic rings. The Labute approximate surface area is 157 Å². The van der Waals surface area contributed by atoms with Gasteiger partial charge in [0.2, 0.25) is 0 Å². The lowest BCUT2D eigenvalue weighted by Gasteiger charge is -2.27. The van der Waals surface area contributed by atoms with Gasteiger partial charge in [0.1, 0.15) is 12.0 Å². The van der Waals surface area contributed by atoms with E-state index in [9.17, 15) is 4.79 Å². The second-order valence-corrected chi connectivity index (χ2v) is 7.49. The van der Waals surface area contributed by atoms with Crippen molar-refractivity contribution >= 4 is 5.91 Å². The second kappa shape index (κ2) is 6.33. The van der Waals surface area contributed by atoms with Gasteiger partial charge in [0.05, 0.1) is 6.54 Å². The van der Waals surface area contributed by atoms with Gasteiger partial charge < -0.3 is 9.47 Å². The first-order chi connectivity index (χ1) is 13.2. The van der Waals surface area contributed by atoms with Crippen molar-refractivity contribution in [3.63, 3.8) is 0 Å². The lowest BCUT2D eigenvalue weighted by atomic mass is 10.0. The quantitative estimate of drug-likeness (QED) is 0.714. The number of hydrogen-bond acceptors (Lipinski definition) is 4. The fraction of sp³-hybridized carbons (Fsp3) is 0.400. The standard InChI is InChI=1S/C20H22N6O/c1-24-17-9-10-25(20(27)15-5-3-2-4-6-15)12-16(17)18(23-24)19-22-21-13-26(19)11-14-7-8-14/h2-6,13-14H,7-12H2,1H3. The van der Waals surface area contributed by atoms with Crippen molar-refractivity contribution in [2.75, 3.05) is 6.54 Å². The molecule has 0 spiro atoms. The van der Waals surface area contributed by atoms with E-state index in [1.165, 1.54) is 18.5 Å². The van der Waals surface area contributed by atoms with E-state index in [2.05, 4.69) is 14.8 Å². The molecule has 0 unspecified atom stereocenters. The van der Waals surface area contributed by atoms with Gasteiger partial charge in [0.25, 0.3) is 5.91 Å². The van der Waals surface area contributed by atoms with Gasteiger partial charge in [-0.3, -0.25) is 9.48 Å². The van der Waals surface area contributed by atoms with Crippen LogP contribution in [0.4, 0.5) is 0 Å². The molecule has 1 amide bonds. The highest BCUT2D eigenvalue weighted by molar-refractivity contribution is 5.94. The lowest BCUT2D eigenvalue weighted by Crippen LogP contribution is -2.36. The van der Waals surface area contributed by atoms with Crippen LogP contribution in [0.5, 0.6) is 0 Å². The zero-order chi connectivity index (χ0) is 18.4. The predicted molar refractivity (Wildman–Crippen MR) is 99.8 cm³/mol. The van der Waals surface area contributed by atoms with Gasteiger partial charge in [-0.15, -0.1) is 10.2 Å². The fourth-order valence-electron chi connectivity index (χ4n) is 3.86. The molecule has 1 saturated carbocycles. The molecule has 2 aliphatic rings. The van der Waals surface area contributed by atoms with Crippen molar-refractivity contribution in [1.29, 1.82) is 0 Å².